The van der Waals surface area contributed by atoms with E-state index in [0.29, 0.717) is 0 Å². The van der Waals surface area contributed by atoms with Crippen molar-refractivity contribution in [2.45, 2.75) is 0 Å². The van der Waals surface area contributed by atoms with Crippen molar-refractivity contribution in [3.8, 4) is 33.4 Å². The minimum absolute atomic E-state index is 1.24. The first-order chi connectivity index (χ1) is 26.8. The maximum atomic E-state index is 2.48. The van der Waals surface area contributed by atoms with Crippen LogP contribution in [0.1, 0.15) is 0 Å². The van der Waals surface area contributed by atoms with Crippen molar-refractivity contribution in [2.75, 3.05) is 0 Å². The van der Waals surface area contributed by atoms with E-state index in [-0.39, 0.29) is 0 Å². The molecule has 250 valence electrons. The van der Waals surface area contributed by atoms with Gasteiger partial charge in [-0.3, -0.25) is 0 Å². The second kappa shape index (κ2) is 11.6. The molecule has 0 amide bonds. The van der Waals surface area contributed by atoms with Crippen molar-refractivity contribution in [2.24, 2.45) is 0 Å². The molecule has 2 heterocycles. The normalized spacial score (nSPS) is 12.1. The van der Waals surface area contributed by atoms with Gasteiger partial charge in [0.15, 0.2) is 0 Å². The van der Waals surface area contributed by atoms with Crippen LogP contribution in [-0.2, 0) is 0 Å². The first kappa shape index (κ1) is 30.2. The van der Waals surface area contributed by atoms with Crippen molar-refractivity contribution in [3.63, 3.8) is 0 Å². The highest BCUT2D eigenvalue weighted by molar-refractivity contribution is 7.30. The lowest BCUT2D eigenvalue weighted by Gasteiger charge is -2.19. The van der Waals surface area contributed by atoms with Gasteiger partial charge in [0.05, 0.1) is 0 Å². The van der Waals surface area contributed by atoms with E-state index in [0.717, 1.165) is 0 Å². The third-order valence-electron chi connectivity index (χ3n) is 11.4. The van der Waals surface area contributed by atoms with Gasteiger partial charge in [0, 0.05) is 40.3 Å². The second-order valence-electron chi connectivity index (χ2n) is 14.3. The summed E-state index contributed by atoms with van der Waals surface area (Å²) in [7, 11) is 0. The molecule has 2 heteroatoms. The Bertz CT molecular complexity index is 3440. The summed E-state index contributed by atoms with van der Waals surface area (Å²) < 4.78 is 5.40. The zero-order valence-electron chi connectivity index (χ0n) is 29.1. The Labute approximate surface area is 319 Å². The Balaban J connectivity index is 1.16. The lowest BCUT2D eigenvalue weighted by molar-refractivity contribution is 1.65. The topological polar surface area (TPSA) is 0 Å². The molecule has 0 atom stereocenters. The van der Waals surface area contributed by atoms with Gasteiger partial charge in [0.25, 0.3) is 0 Å². The maximum Gasteiger partial charge on any atom is 0.0455 e. The molecule has 54 heavy (non-hydrogen) atoms. The van der Waals surface area contributed by atoms with E-state index in [9.17, 15) is 0 Å². The average molecular weight is 719 g/mol. The zero-order chi connectivity index (χ0) is 35.3. The van der Waals surface area contributed by atoms with Crippen LogP contribution in [0, 0.1) is 0 Å². The van der Waals surface area contributed by atoms with Crippen molar-refractivity contribution in [1.29, 1.82) is 0 Å². The molecule has 0 aliphatic heterocycles. The summed E-state index contributed by atoms with van der Waals surface area (Å²) in [5.41, 5.74) is 7.64. The molecule has 0 nitrogen and oxygen atoms in total. The van der Waals surface area contributed by atoms with E-state index in [4.69, 9.17) is 0 Å². The zero-order valence-corrected chi connectivity index (χ0v) is 30.8. The van der Waals surface area contributed by atoms with E-state index < -0.39 is 0 Å². The summed E-state index contributed by atoms with van der Waals surface area (Å²) in [5.74, 6) is 0. The van der Waals surface area contributed by atoms with Crippen LogP contribution in [0.4, 0.5) is 0 Å². The summed E-state index contributed by atoms with van der Waals surface area (Å²) in [6.45, 7) is 0. The monoisotopic (exact) mass is 718 g/mol. The lowest BCUT2D eigenvalue weighted by Crippen LogP contribution is -1.92. The summed E-state index contributed by atoms with van der Waals surface area (Å²) in [6, 6.07) is 67.7. The van der Waals surface area contributed by atoms with E-state index in [1.807, 2.05) is 22.7 Å². The van der Waals surface area contributed by atoms with Gasteiger partial charge in [-0.05, 0) is 101 Å². The Morgan fingerprint density at radius 2 is 0.852 bits per heavy atom. The van der Waals surface area contributed by atoms with Crippen LogP contribution >= 0.6 is 22.7 Å². The van der Waals surface area contributed by atoms with E-state index in [1.54, 1.807) is 0 Å². The van der Waals surface area contributed by atoms with Crippen molar-refractivity contribution in [3.05, 3.63) is 182 Å². The first-order valence-corrected chi connectivity index (χ1v) is 20.1. The smallest absolute Gasteiger partial charge is 0.0455 e. The Kier molecular flexibility index (Phi) is 6.48. The van der Waals surface area contributed by atoms with Crippen LogP contribution in [0.25, 0.3) is 117 Å². The highest BCUT2D eigenvalue weighted by Gasteiger charge is 2.21. The highest BCUT2D eigenvalue weighted by atomic mass is 32.1. The SMILES string of the molecule is c1cc(-c2c3ccccc3c(-c3cccc4ccccc34)c3ccccc23)cc(-c2cc3sc4ccc5ccccc5c4c3c3sc4ccccc4c23)c1. The van der Waals surface area contributed by atoms with E-state index >= 15 is 0 Å². The molecule has 0 saturated carbocycles. The molecule has 0 unspecified atom stereocenters. The fourth-order valence-electron chi connectivity index (χ4n) is 9.15. The minimum Gasteiger partial charge on any atom is -0.135 e. The maximum absolute atomic E-state index is 2.48. The molecular formula is C52H30S2. The van der Waals surface area contributed by atoms with Crippen LogP contribution in [0.15, 0.2) is 182 Å². The Morgan fingerprint density at radius 1 is 0.278 bits per heavy atom. The van der Waals surface area contributed by atoms with Gasteiger partial charge in [-0.15, -0.1) is 22.7 Å². The molecule has 10 aromatic carbocycles. The molecule has 0 radical (unpaired) electrons. The van der Waals surface area contributed by atoms with Gasteiger partial charge in [-0.25, -0.2) is 0 Å². The lowest BCUT2D eigenvalue weighted by atomic mass is 9.84. The van der Waals surface area contributed by atoms with Crippen LogP contribution < -0.4 is 0 Å². The molecule has 0 saturated heterocycles. The van der Waals surface area contributed by atoms with Gasteiger partial charge in [0.2, 0.25) is 0 Å². The van der Waals surface area contributed by atoms with Gasteiger partial charge >= 0.3 is 0 Å². The number of thiophene rings is 2. The predicted octanol–water partition coefficient (Wildman–Crippen LogP) is 16.0. The molecular weight excluding hydrogens is 689 g/mol. The summed E-state index contributed by atoms with van der Waals surface area (Å²) in [6.07, 6.45) is 0. The third kappa shape index (κ3) is 4.30. The number of fused-ring (bicyclic) bond motifs is 12. The quantitative estimate of drug-likeness (QED) is 0.160. The van der Waals surface area contributed by atoms with Crippen LogP contribution in [0.2, 0.25) is 0 Å². The van der Waals surface area contributed by atoms with Gasteiger partial charge < -0.3 is 0 Å². The molecule has 0 bridgehead atoms. The number of rotatable bonds is 3. The average Bonchev–Trinajstić information content (AvgIpc) is 3.81. The number of benzene rings is 10. The van der Waals surface area contributed by atoms with Gasteiger partial charge in [0.1, 0.15) is 0 Å². The molecule has 0 aliphatic rings. The second-order valence-corrected chi connectivity index (χ2v) is 16.4. The summed E-state index contributed by atoms with van der Waals surface area (Å²) in [5, 5.41) is 15.7. The summed E-state index contributed by atoms with van der Waals surface area (Å²) >= 11 is 3.86. The van der Waals surface area contributed by atoms with Crippen molar-refractivity contribution >= 4 is 106 Å². The standard InChI is InChI=1S/C52H30S2/c1-3-18-35-31(13-1)15-12-25-37(35)48-40-22-7-5-20-38(40)47(39-21-6-8-23-41(39)48)34-17-11-16-33(29-34)43-30-46-51(52-49(43)42-24-9-10-26-44(42)54-52)50-36-19-4-2-14-32(36)27-28-45(50)53-46/h1-30H. The van der Waals surface area contributed by atoms with E-state index in [2.05, 4.69) is 182 Å². The largest absolute Gasteiger partial charge is 0.135 e. The van der Waals surface area contributed by atoms with Crippen LogP contribution in [-0.4, -0.2) is 0 Å². The van der Waals surface area contributed by atoms with Gasteiger partial charge in [-0.1, -0.05) is 158 Å². The minimum atomic E-state index is 1.24. The molecule has 0 aliphatic carbocycles. The fourth-order valence-corrected chi connectivity index (χ4v) is 11.7. The fraction of sp³-hybridized carbons (Fsp3) is 0. The predicted molar refractivity (Wildman–Crippen MR) is 239 cm³/mol. The first-order valence-electron chi connectivity index (χ1n) is 18.5. The van der Waals surface area contributed by atoms with Crippen LogP contribution in [0.5, 0.6) is 0 Å². The van der Waals surface area contributed by atoms with Crippen molar-refractivity contribution < 1.29 is 0 Å². The molecule has 12 rings (SSSR count). The van der Waals surface area contributed by atoms with E-state index in [1.165, 1.54) is 117 Å². The van der Waals surface area contributed by atoms with Gasteiger partial charge in [-0.2, -0.15) is 0 Å². The highest BCUT2D eigenvalue weighted by Crippen LogP contribution is 2.51. The number of hydrogen-bond acceptors (Lipinski definition) is 2. The molecule has 12 aromatic rings. The third-order valence-corrected chi connectivity index (χ3v) is 13.7. The Morgan fingerprint density at radius 3 is 1.61 bits per heavy atom. The summed E-state index contributed by atoms with van der Waals surface area (Å²) in [4.78, 5) is 0. The molecule has 2 aromatic heterocycles. The molecule has 0 fully saturated rings. The number of hydrogen-bond donors (Lipinski definition) is 0. The molecule has 0 spiro atoms. The molecule has 0 N–H and O–H groups in total. The van der Waals surface area contributed by atoms with Crippen LogP contribution in [0.3, 0.4) is 0 Å². The Hall–Kier alpha value is -6.32. The van der Waals surface area contributed by atoms with Crippen molar-refractivity contribution in [1.82, 2.24) is 0 Å².